The lowest BCUT2D eigenvalue weighted by Crippen LogP contribution is -2.40. The van der Waals surface area contributed by atoms with Crippen molar-refractivity contribution in [3.05, 3.63) is 69.9 Å². The van der Waals surface area contributed by atoms with Crippen LogP contribution in [0.25, 0.3) is 0 Å². The Kier molecular flexibility index (Phi) is 6.97. The van der Waals surface area contributed by atoms with Gasteiger partial charge in [-0.25, -0.2) is 0 Å². The van der Waals surface area contributed by atoms with Crippen molar-refractivity contribution >= 4 is 40.8 Å². The molecule has 1 aliphatic heterocycles. The molecule has 3 rings (SSSR count). The van der Waals surface area contributed by atoms with Crippen molar-refractivity contribution in [1.82, 2.24) is 5.32 Å². The Morgan fingerprint density at radius 1 is 1.16 bits per heavy atom. The summed E-state index contributed by atoms with van der Waals surface area (Å²) in [4.78, 5) is 38.8. The highest BCUT2D eigenvalue weighted by Crippen LogP contribution is 2.33. The number of fused-ring (bicyclic) bond motifs is 1. The van der Waals surface area contributed by atoms with Crippen LogP contribution in [0.15, 0.2) is 48.2 Å². The van der Waals surface area contributed by atoms with Crippen molar-refractivity contribution in [2.75, 3.05) is 23.9 Å². The van der Waals surface area contributed by atoms with Crippen LogP contribution in [0.2, 0.25) is 5.02 Å². The standard InChI is InChI=1S/C23H24ClN3O4/c1-14-8-19-20(9-15(14)2)27(22(29)10-17(26-19)11-23(30)31-3)13-21(28)25-12-16-6-4-5-7-18(16)24/h4-10,26H,11-13H2,1-3H3,(H,25,28). The largest absolute Gasteiger partial charge is 0.469 e. The first-order valence-corrected chi connectivity index (χ1v) is 10.1. The van der Waals surface area contributed by atoms with Crippen molar-refractivity contribution in [2.45, 2.75) is 26.8 Å². The first kappa shape index (κ1) is 22.4. The molecule has 2 aromatic rings. The fourth-order valence-corrected chi connectivity index (χ4v) is 3.40. The lowest BCUT2D eigenvalue weighted by molar-refractivity contribution is -0.139. The summed E-state index contributed by atoms with van der Waals surface area (Å²) in [6, 6.07) is 11.0. The van der Waals surface area contributed by atoms with Gasteiger partial charge in [-0.3, -0.25) is 19.3 Å². The molecule has 2 amide bonds. The number of carbonyl (C=O) groups is 3. The van der Waals surface area contributed by atoms with E-state index in [4.69, 9.17) is 16.3 Å². The van der Waals surface area contributed by atoms with Gasteiger partial charge in [-0.2, -0.15) is 0 Å². The Hall–Kier alpha value is -3.32. The third kappa shape index (κ3) is 5.44. The number of hydrogen-bond donors (Lipinski definition) is 2. The second-order valence-electron chi connectivity index (χ2n) is 7.29. The Bertz CT molecular complexity index is 1060. The summed E-state index contributed by atoms with van der Waals surface area (Å²) < 4.78 is 4.72. The summed E-state index contributed by atoms with van der Waals surface area (Å²) in [5.41, 5.74) is 4.39. The predicted molar refractivity (Wildman–Crippen MR) is 120 cm³/mol. The number of hydrogen-bond acceptors (Lipinski definition) is 5. The minimum absolute atomic E-state index is 0.0822. The number of nitrogens with zero attached hydrogens (tertiary/aromatic N) is 1. The highest BCUT2D eigenvalue weighted by Gasteiger charge is 2.26. The molecule has 1 aliphatic rings. The molecule has 0 unspecified atom stereocenters. The van der Waals surface area contributed by atoms with Gasteiger partial charge >= 0.3 is 5.97 Å². The number of rotatable bonds is 6. The second-order valence-corrected chi connectivity index (χ2v) is 7.70. The lowest BCUT2D eigenvalue weighted by Gasteiger charge is -2.23. The summed E-state index contributed by atoms with van der Waals surface area (Å²) in [6.45, 7) is 3.96. The van der Waals surface area contributed by atoms with Gasteiger partial charge in [0.15, 0.2) is 0 Å². The van der Waals surface area contributed by atoms with Crippen molar-refractivity contribution in [1.29, 1.82) is 0 Å². The molecule has 0 saturated heterocycles. The number of amides is 2. The summed E-state index contributed by atoms with van der Waals surface area (Å²) in [6.07, 6.45) is 1.24. The minimum Gasteiger partial charge on any atom is -0.469 e. The molecule has 31 heavy (non-hydrogen) atoms. The molecule has 0 fully saturated rings. The van der Waals surface area contributed by atoms with E-state index in [-0.39, 0.29) is 25.4 Å². The van der Waals surface area contributed by atoms with Gasteiger partial charge in [0.05, 0.1) is 24.9 Å². The van der Waals surface area contributed by atoms with Gasteiger partial charge < -0.3 is 15.4 Å². The molecule has 0 bridgehead atoms. The van der Waals surface area contributed by atoms with Gasteiger partial charge in [-0.05, 0) is 48.7 Å². The van der Waals surface area contributed by atoms with E-state index < -0.39 is 11.9 Å². The Morgan fingerprint density at radius 3 is 2.58 bits per heavy atom. The smallest absolute Gasteiger partial charge is 0.311 e. The number of esters is 1. The number of benzene rings is 2. The Balaban J connectivity index is 1.84. The lowest BCUT2D eigenvalue weighted by atomic mass is 10.1. The van der Waals surface area contributed by atoms with Gasteiger partial charge in [-0.1, -0.05) is 29.8 Å². The van der Waals surface area contributed by atoms with E-state index in [2.05, 4.69) is 10.6 Å². The Labute approximate surface area is 186 Å². The highest BCUT2D eigenvalue weighted by molar-refractivity contribution is 6.31. The maximum absolute atomic E-state index is 13.0. The number of carbonyl (C=O) groups excluding carboxylic acids is 3. The normalized spacial score (nSPS) is 13.0. The molecule has 7 nitrogen and oxygen atoms in total. The third-order valence-corrected chi connectivity index (χ3v) is 5.43. The molecule has 1 heterocycles. The quantitative estimate of drug-likeness (QED) is 0.670. The van der Waals surface area contributed by atoms with E-state index in [1.54, 1.807) is 6.07 Å². The van der Waals surface area contributed by atoms with Crippen molar-refractivity contribution in [3.8, 4) is 0 Å². The molecule has 0 spiro atoms. The summed E-state index contributed by atoms with van der Waals surface area (Å²) in [7, 11) is 1.29. The molecule has 0 aliphatic carbocycles. The molecule has 0 saturated carbocycles. The molecule has 0 radical (unpaired) electrons. The van der Waals surface area contributed by atoms with Crippen LogP contribution in [-0.4, -0.2) is 31.4 Å². The number of anilines is 2. The van der Waals surface area contributed by atoms with Crippen molar-refractivity contribution in [3.63, 3.8) is 0 Å². The summed E-state index contributed by atoms with van der Waals surface area (Å²) >= 11 is 6.14. The molecule has 2 aromatic carbocycles. The van der Waals surface area contributed by atoms with Crippen LogP contribution in [0.5, 0.6) is 0 Å². The molecule has 0 atom stereocenters. The van der Waals surface area contributed by atoms with E-state index in [0.717, 1.165) is 16.7 Å². The second kappa shape index (κ2) is 9.66. The Morgan fingerprint density at radius 2 is 1.87 bits per heavy atom. The van der Waals surface area contributed by atoms with Crippen LogP contribution in [0, 0.1) is 13.8 Å². The van der Waals surface area contributed by atoms with E-state index in [1.165, 1.54) is 18.1 Å². The van der Waals surface area contributed by atoms with Gasteiger partial charge in [0, 0.05) is 23.3 Å². The van der Waals surface area contributed by atoms with Crippen LogP contribution in [0.1, 0.15) is 23.1 Å². The number of halogens is 1. The number of nitrogens with one attached hydrogen (secondary N) is 2. The molecular weight excluding hydrogens is 418 g/mol. The van der Waals surface area contributed by atoms with Crippen LogP contribution in [0.4, 0.5) is 11.4 Å². The first-order valence-electron chi connectivity index (χ1n) is 9.75. The third-order valence-electron chi connectivity index (χ3n) is 5.06. The molecule has 8 heteroatoms. The summed E-state index contributed by atoms with van der Waals surface area (Å²) in [5, 5.41) is 6.51. The van der Waals surface area contributed by atoms with E-state index in [1.807, 2.05) is 44.2 Å². The fourth-order valence-electron chi connectivity index (χ4n) is 3.20. The zero-order valence-corrected chi connectivity index (χ0v) is 18.4. The van der Waals surface area contributed by atoms with Crippen molar-refractivity contribution < 1.29 is 19.1 Å². The SMILES string of the molecule is COC(=O)CC1=CC(=O)N(CC(=O)NCc2ccccc2Cl)c2cc(C)c(C)cc2N1. The van der Waals surface area contributed by atoms with E-state index in [9.17, 15) is 14.4 Å². The zero-order valence-electron chi connectivity index (χ0n) is 17.6. The average Bonchev–Trinajstić information content (AvgIpc) is 2.84. The van der Waals surface area contributed by atoms with Gasteiger partial charge in [0.25, 0.3) is 5.91 Å². The molecular formula is C23H24ClN3O4. The van der Waals surface area contributed by atoms with Crippen LogP contribution in [0.3, 0.4) is 0 Å². The predicted octanol–water partition coefficient (Wildman–Crippen LogP) is 3.48. The fraction of sp³-hybridized carbons (Fsp3) is 0.261. The van der Waals surface area contributed by atoms with Gasteiger partial charge in [0.1, 0.15) is 6.54 Å². The molecule has 2 N–H and O–H groups in total. The number of ether oxygens (including phenoxy) is 1. The summed E-state index contributed by atoms with van der Waals surface area (Å²) in [5.74, 6) is -1.20. The van der Waals surface area contributed by atoms with Crippen LogP contribution in [-0.2, 0) is 25.7 Å². The monoisotopic (exact) mass is 441 g/mol. The number of methoxy groups -OCH3 is 1. The average molecular weight is 442 g/mol. The van der Waals surface area contributed by atoms with Crippen molar-refractivity contribution in [2.24, 2.45) is 0 Å². The maximum Gasteiger partial charge on any atom is 0.311 e. The zero-order chi connectivity index (χ0) is 22.5. The maximum atomic E-state index is 13.0. The van der Waals surface area contributed by atoms with Gasteiger partial charge in [-0.15, -0.1) is 0 Å². The minimum atomic E-state index is -0.470. The van der Waals surface area contributed by atoms with Gasteiger partial charge in [0.2, 0.25) is 5.91 Å². The molecule has 0 aromatic heterocycles. The first-order chi connectivity index (χ1) is 14.8. The van der Waals surface area contributed by atoms with Crippen LogP contribution < -0.4 is 15.5 Å². The molecule has 162 valence electrons. The topological polar surface area (TPSA) is 87.7 Å². The number of aryl methyl sites for hydroxylation is 2. The van der Waals surface area contributed by atoms with E-state index >= 15 is 0 Å². The highest BCUT2D eigenvalue weighted by atomic mass is 35.5. The van der Waals surface area contributed by atoms with Crippen LogP contribution >= 0.6 is 11.6 Å². The van der Waals surface area contributed by atoms with E-state index in [0.29, 0.717) is 22.1 Å².